The van der Waals surface area contributed by atoms with Crippen molar-refractivity contribution in [2.45, 2.75) is 206 Å². The van der Waals surface area contributed by atoms with Crippen molar-refractivity contribution in [1.29, 1.82) is 0 Å². The standard InChI is InChI=1S/C36H72O4S.K/c1-3-5-7-9-11-13-15-17-19-21-23-25-27-29-31-33-36(35-40-41(37,38)39)34-32-30-28-26-24-22-20-18-16-14-12-10-8-6-4-2;/h31,33,36H,3-30,32,34-35H2,1-2H3,(H,37,38,39);/q;+1/p-1/b33-31+;. The van der Waals surface area contributed by atoms with Gasteiger partial charge in [0.05, 0.1) is 6.61 Å². The van der Waals surface area contributed by atoms with E-state index in [0.717, 1.165) is 19.3 Å². The predicted molar refractivity (Wildman–Crippen MR) is 178 cm³/mol. The first-order chi connectivity index (χ1) is 20.0. The van der Waals surface area contributed by atoms with Crippen molar-refractivity contribution >= 4 is 10.4 Å². The summed E-state index contributed by atoms with van der Waals surface area (Å²) >= 11 is 0. The van der Waals surface area contributed by atoms with E-state index >= 15 is 0 Å². The number of unbranched alkanes of at least 4 members (excludes halogenated alkanes) is 27. The molecule has 0 aromatic rings. The molecule has 4 nitrogen and oxygen atoms in total. The Morgan fingerprint density at radius 2 is 0.833 bits per heavy atom. The molecule has 246 valence electrons. The molecule has 0 radical (unpaired) electrons. The third-order valence-corrected chi connectivity index (χ3v) is 8.91. The molecule has 0 spiro atoms. The molecule has 0 saturated carbocycles. The summed E-state index contributed by atoms with van der Waals surface area (Å²) in [5.74, 6) is 0.0164. The van der Waals surface area contributed by atoms with Crippen molar-refractivity contribution in [1.82, 2.24) is 0 Å². The Morgan fingerprint density at radius 3 is 1.17 bits per heavy atom. The smallest absolute Gasteiger partial charge is 0.726 e. The van der Waals surface area contributed by atoms with Crippen LogP contribution in [0.15, 0.2) is 12.2 Å². The summed E-state index contributed by atoms with van der Waals surface area (Å²) in [4.78, 5) is 0. The van der Waals surface area contributed by atoms with Crippen molar-refractivity contribution in [2.24, 2.45) is 5.92 Å². The first-order valence-electron chi connectivity index (χ1n) is 18.3. The number of hydrogen-bond donors (Lipinski definition) is 0. The van der Waals surface area contributed by atoms with Crippen LogP contribution in [-0.4, -0.2) is 19.6 Å². The molecule has 0 fully saturated rings. The zero-order valence-corrected chi connectivity index (χ0v) is 32.6. The maximum absolute atomic E-state index is 11.0. The Morgan fingerprint density at radius 1 is 0.524 bits per heavy atom. The fourth-order valence-corrected chi connectivity index (χ4v) is 6.09. The molecule has 0 bridgehead atoms. The van der Waals surface area contributed by atoms with Crippen LogP contribution in [0.1, 0.15) is 206 Å². The topological polar surface area (TPSA) is 66.4 Å². The van der Waals surface area contributed by atoms with Gasteiger partial charge in [0, 0.05) is 5.92 Å². The fraction of sp³-hybridized carbons (Fsp3) is 0.944. The monoisotopic (exact) mass is 638 g/mol. The zero-order valence-electron chi connectivity index (χ0n) is 28.7. The van der Waals surface area contributed by atoms with E-state index in [1.807, 2.05) is 0 Å². The third kappa shape index (κ3) is 39.3. The molecule has 0 aliphatic carbocycles. The molecule has 0 aromatic heterocycles. The van der Waals surface area contributed by atoms with E-state index in [0.29, 0.717) is 0 Å². The predicted octanol–water partition coefficient (Wildman–Crippen LogP) is 9.38. The Balaban J connectivity index is 0. The average molecular weight is 639 g/mol. The molecule has 0 aliphatic heterocycles. The minimum Gasteiger partial charge on any atom is -0.726 e. The van der Waals surface area contributed by atoms with Crippen LogP contribution in [-0.2, 0) is 14.6 Å². The maximum atomic E-state index is 11.0. The van der Waals surface area contributed by atoms with Crippen LogP contribution < -0.4 is 51.4 Å². The molecule has 42 heavy (non-hydrogen) atoms. The Labute approximate surface area is 307 Å². The quantitative estimate of drug-likeness (QED) is 0.0232. The van der Waals surface area contributed by atoms with Crippen molar-refractivity contribution in [3.8, 4) is 0 Å². The van der Waals surface area contributed by atoms with Crippen molar-refractivity contribution in [2.75, 3.05) is 6.61 Å². The van der Waals surface area contributed by atoms with Gasteiger partial charge < -0.3 is 4.55 Å². The number of allylic oxidation sites excluding steroid dienone is 1. The van der Waals surface area contributed by atoms with Crippen molar-refractivity contribution < 1.29 is 68.5 Å². The van der Waals surface area contributed by atoms with Crippen LogP contribution >= 0.6 is 0 Å². The molecule has 1 atom stereocenters. The normalized spacial score (nSPS) is 12.6. The molecule has 0 heterocycles. The molecule has 6 heteroatoms. The van der Waals surface area contributed by atoms with Crippen molar-refractivity contribution in [3.63, 3.8) is 0 Å². The molecular weight excluding hydrogens is 568 g/mol. The van der Waals surface area contributed by atoms with Crippen molar-refractivity contribution in [3.05, 3.63) is 12.2 Å². The first kappa shape index (κ1) is 45.4. The number of rotatable bonds is 34. The Kier molecular flexibility index (Phi) is 39.7. The van der Waals surface area contributed by atoms with Crippen LogP contribution in [0.2, 0.25) is 0 Å². The van der Waals surface area contributed by atoms with Gasteiger partial charge in [-0.15, -0.1) is 0 Å². The number of hydrogen-bond acceptors (Lipinski definition) is 4. The molecule has 1 unspecified atom stereocenters. The second-order valence-corrected chi connectivity index (χ2v) is 13.7. The van der Waals surface area contributed by atoms with Crippen LogP contribution in [0, 0.1) is 5.92 Å². The van der Waals surface area contributed by atoms with E-state index in [9.17, 15) is 13.0 Å². The van der Waals surface area contributed by atoms with E-state index < -0.39 is 10.4 Å². The molecule has 0 rings (SSSR count). The summed E-state index contributed by atoms with van der Waals surface area (Å²) in [6.45, 7) is 4.53. The van der Waals surface area contributed by atoms with Gasteiger partial charge in [-0.1, -0.05) is 199 Å². The average Bonchev–Trinajstić information content (AvgIpc) is 2.94. The SMILES string of the molecule is CCCCCCCCCCCCCCC/C=C/C(CCCCCCCCCCCCCCCCC)COS(=O)(=O)[O-].[K+]. The molecule has 0 saturated heterocycles. The van der Waals surface area contributed by atoms with E-state index in [1.165, 1.54) is 173 Å². The second kappa shape index (κ2) is 36.7. The Hall–Kier alpha value is 1.25. The van der Waals surface area contributed by atoms with Gasteiger partial charge in [-0.25, -0.2) is 8.42 Å². The molecule has 0 amide bonds. The minimum atomic E-state index is -4.62. The van der Waals surface area contributed by atoms with Gasteiger partial charge in [-0.05, 0) is 19.3 Å². The van der Waals surface area contributed by atoms with E-state index in [2.05, 4.69) is 30.2 Å². The second-order valence-electron chi connectivity index (χ2n) is 12.7. The summed E-state index contributed by atoms with van der Waals surface area (Å²) in [6.07, 6.45) is 43.8. The van der Waals surface area contributed by atoms with Gasteiger partial charge in [0.2, 0.25) is 10.4 Å². The van der Waals surface area contributed by atoms with Gasteiger partial charge in [0.25, 0.3) is 0 Å². The van der Waals surface area contributed by atoms with Crippen LogP contribution in [0.5, 0.6) is 0 Å². The van der Waals surface area contributed by atoms with Crippen LogP contribution in [0.25, 0.3) is 0 Å². The van der Waals surface area contributed by atoms with Gasteiger partial charge >= 0.3 is 51.4 Å². The van der Waals surface area contributed by atoms with Gasteiger partial charge in [0.15, 0.2) is 0 Å². The van der Waals surface area contributed by atoms with E-state index in [-0.39, 0.29) is 63.9 Å². The third-order valence-electron chi connectivity index (χ3n) is 8.49. The fourth-order valence-electron chi connectivity index (χ4n) is 5.75. The summed E-state index contributed by atoms with van der Waals surface area (Å²) in [5, 5.41) is 0. The van der Waals surface area contributed by atoms with E-state index in [1.54, 1.807) is 0 Å². The van der Waals surface area contributed by atoms with Gasteiger partial charge in [0.1, 0.15) is 0 Å². The molecule has 0 aliphatic rings. The van der Waals surface area contributed by atoms with Gasteiger partial charge in [-0.3, -0.25) is 4.18 Å². The zero-order chi connectivity index (χ0) is 30.1. The van der Waals surface area contributed by atoms with Gasteiger partial charge in [-0.2, -0.15) is 0 Å². The largest absolute Gasteiger partial charge is 1.00 e. The Bertz CT molecular complexity index is 638. The summed E-state index contributed by atoms with van der Waals surface area (Å²) in [7, 11) is -4.62. The first-order valence-corrected chi connectivity index (χ1v) is 19.6. The minimum absolute atomic E-state index is 0. The molecule has 0 N–H and O–H groups in total. The molecular formula is C36H71KO4S. The molecule has 0 aromatic carbocycles. The summed E-state index contributed by atoms with van der Waals surface area (Å²) in [6, 6.07) is 0. The summed E-state index contributed by atoms with van der Waals surface area (Å²) < 4.78 is 37.5. The summed E-state index contributed by atoms with van der Waals surface area (Å²) in [5.41, 5.74) is 0. The van der Waals surface area contributed by atoms with Crippen LogP contribution in [0.3, 0.4) is 0 Å². The maximum Gasteiger partial charge on any atom is 1.00 e. The van der Waals surface area contributed by atoms with E-state index in [4.69, 9.17) is 0 Å². The van der Waals surface area contributed by atoms with Crippen LogP contribution in [0.4, 0.5) is 0 Å².